The van der Waals surface area contributed by atoms with Gasteiger partial charge in [0.15, 0.2) is 11.6 Å². The van der Waals surface area contributed by atoms with Crippen LogP contribution in [0.25, 0.3) is 0 Å². The van der Waals surface area contributed by atoms with Crippen LogP contribution in [0.2, 0.25) is 0 Å². The van der Waals surface area contributed by atoms with Crippen LogP contribution in [0, 0.1) is 17.6 Å². The van der Waals surface area contributed by atoms with Crippen LogP contribution in [-0.2, 0) is 6.54 Å². The lowest BCUT2D eigenvalue weighted by atomic mass is 9.91. The van der Waals surface area contributed by atoms with Crippen LogP contribution in [0.4, 0.5) is 8.78 Å². The zero-order chi connectivity index (χ0) is 14.3. The second-order valence-corrected chi connectivity index (χ2v) is 6.54. The van der Waals surface area contributed by atoms with Gasteiger partial charge in [-0.1, -0.05) is 12.1 Å². The number of benzene rings is 1. The van der Waals surface area contributed by atoms with E-state index in [0.29, 0.717) is 18.2 Å². The van der Waals surface area contributed by atoms with Crippen molar-refractivity contribution in [3.8, 4) is 0 Å². The van der Waals surface area contributed by atoms with Crippen LogP contribution in [0.1, 0.15) is 32.3 Å². The number of nitrogens with zero attached hydrogens (tertiary/aromatic N) is 1. The van der Waals surface area contributed by atoms with Crippen LogP contribution < -0.4 is 5.32 Å². The maximum Gasteiger partial charge on any atom is 0.163 e. The van der Waals surface area contributed by atoms with E-state index < -0.39 is 11.6 Å². The second kappa shape index (κ2) is 5.08. The topological polar surface area (TPSA) is 15.3 Å². The molecule has 1 aromatic carbocycles. The fourth-order valence-electron chi connectivity index (χ4n) is 3.24. The third-order valence-electron chi connectivity index (χ3n) is 4.84. The zero-order valence-corrected chi connectivity index (χ0v) is 12.1. The summed E-state index contributed by atoms with van der Waals surface area (Å²) in [5.74, 6) is -0.726. The van der Waals surface area contributed by atoms with Crippen molar-refractivity contribution in [2.45, 2.75) is 44.8 Å². The highest BCUT2D eigenvalue weighted by molar-refractivity contribution is 5.19. The summed E-state index contributed by atoms with van der Waals surface area (Å²) in [5, 5.41) is 3.64. The molecule has 1 saturated carbocycles. The normalized spacial score (nSPS) is 31.5. The Morgan fingerprint density at radius 3 is 2.80 bits per heavy atom. The first-order valence-electron chi connectivity index (χ1n) is 7.41. The first kappa shape index (κ1) is 14.0. The first-order valence-corrected chi connectivity index (χ1v) is 7.41. The fourth-order valence-corrected chi connectivity index (χ4v) is 3.24. The van der Waals surface area contributed by atoms with Crippen LogP contribution in [0.15, 0.2) is 18.2 Å². The smallest absolute Gasteiger partial charge is 0.163 e. The lowest BCUT2D eigenvalue weighted by Crippen LogP contribution is -2.62. The molecule has 2 nitrogen and oxygen atoms in total. The van der Waals surface area contributed by atoms with E-state index in [1.807, 2.05) is 0 Å². The van der Waals surface area contributed by atoms with Gasteiger partial charge in [-0.3, -0.25) is 4.90 Å². The van der Waals surface area contributed by atoms with Crippen LogP contribution >= 0.6 is 0 Å². The van der Waals surface area contributed by atoms with Crippen molar-refractivity contribution >= 4 is 0 Å². The summed E-state index contributed by atoms with van der Waals surface area (Å²) in [5.41, 5.74) is 0.577. The maximum absolute atomic E-state index is 13.8. The van der Waals surface area contributed by atoms with Gasteiger partial charge in [0.1, 0.15) is 0 Å². The molecule has 0 amide bonds. The van der Waals surface area contributed by atoms with Crippen LogP contribution in [0.3, 0.4) is 0 Å². The monoisotopic (exact) mass is 280 g/mol. The molecule has 1 saturated heterocycles. The Labute approximate surface area is 119 Å². The number of hydrogen-bond donors (Lipinski definition) is 1. The number of halogens is 2. The van der Waals surface area contributed by atoms with Crippen molar-refractivity contribution in [2.24, 2.45) is 5.92 Å². The standard InChI is InChI=1S/C16H22F2N2/c1-11-8-19-16(2,13-6-7-13)10-20(11)9-12-4-3-5-14(17)15(12)18/h3-5,11,13,19H,6-10H2,1-2H3. The van der Waals surface area contributed by atoms with Crippen molar-refractivity contribution in [3.05, 3.63) is 35.4 Å². The van der Waals surface area contributed by atoms with E-state index >= 15 is 0 Å². The van der Waals surface area contributed by atoms with Crippen molar-refractivity contribution < 1.29 is 8.78 Å². The highest BCUT2D eigenvalue weighted by atomic mass is 19.2. The number of nitrogens with one attached hydrogen (secondary N) is 1. The van der Waals surface area contributed by atoms with Crippen molar-refractivity contribution in [1.82, 2.24) is 10.2 Å². The van der Waals surface area contributed by atoms with Gasteiger partial charge >= 0.3 is 0 Å². The number of hydrogen-bond acceptors (Lipinski definition) is 2. The largest absolute Gasteiger partial charge is 0.308 e. The molecule has 2 atom stereocenters. The SMILES string of the molecule is CC1CNC(C)(C2CC2)CN1Cc1cccc(F)c1F. The summed E-state index contributed by atoms with van der Waals surface area (Å²) in [6, 6.07) is 4.78. The molecule has 0 radical (unpaired) electrons. The Kier molecular flexibility index (Phi) is 3.55. The van der Waals surface area contributed by atoms with Gasteiger partial charge in [-0.25, -0.2) is 8.78 Å². The predicted molar refractivity (Wildman–Crippen MR) is 75.4 cm³/mol. The van der Waals surface area contributed by atoms with Crippen molar-refractivity contribution in [3.63, 3.8) is 0 Å². The molecule has 0 spiro atoms. The maximum atomic E-state index is 13.8. The minimum absolute atomic E-state index is 0.121. The fraction of sp³-hybridized carbons (Fsp3) is 0.625. The molecule has 1 N–H and O–H groups in total. The van der Waals surface area contributed by atoms with Gasteiger partial charge < -0.3 is 5.32 Å². The van der Waals surface area contributed by atoms with Crippen molar-refractivity contribution in [1.29, 1.82) is 0 Å². The summed E-state index contributed by atoms with van der Waals surface area (Å²) in [6.45, 7) is 6.68. The number of rotatable bonds is 3. The van der Waals surface area contributed by atoms with Crippen LogP contribution in [-0.4, -0.2) is 29.6 Å². The summed E-state index contributed by atoms with van der Waals surface area (Å²) in [6.07, 6.45) is 2.56. The van der Waals surface area contributed by atoms with E-state index in [9.17, 15) is 8.78 Å². The van der Waals surface area contributed by atoms with Crippen LogP contribution in [0.5, 0.6) is 0 Å². The van der Waals surface area contributed by atoms with E-state index in [0.717, 1.165) is 19.0 Å². The number of piperazine rings is 1. The lowest BCUT2D eigenvalue weighted by Gasteiger charge is -2.45. The Balaban J connectivity index is 1.76. The Hall–Kier alpha value is -1.00. The minimum Gasteiger partial charge on any atom is -0.308 e. The zero-order valence-electron chi connectivity index (χ0n) is 12.1. The van der Waals surface area contributed by atoms with Gasteiger partial charge in [0.05, 0.1) is 0 Å². The molecule has 3 rings (SSSR count). The third-order valence-corrected chi connectivity index (χ3v) is 4.84. The lowest BCUT2D eigenvalue weighted by molar-refractivity contribution is 0.0759. The molecule has 1 aliphatic heterocycles. The second-order valence-electron chi connectivity index (χ2n) is 6.54. The molecule has 0 aromatic heterocycles. The average molecular weight is 280 g/mol. The Morgan fingerprint density at radius 2 is 2.10 bits per heavy atom. The van der Waals surface area contributed by atoms with E-state index in [1.165, 1.54) is 18.9 Å². The third kappa shape index (κ3) is 2.59. The molecular weight excluding hydrogens is 258 g/mol. The van der Waals surface area contributed by atoms with Crippen molar-refractivity contribution in [2.75, 3.05) is 13.1 Å². The molecule has 1 aromatic rings. The molecule has 2 fully saturated rings. The first-order chi connectivity index (χ1) is 9.49. The molecule has 4 heteroatoms. The average Bonchev–Trinajstić information content (AvgIpc) is 3.24. The molecule has 2 aliphatic rings. The Bertz CT molecular complexity index is 501. The summed E-state index contributed by atoms with van der Waals surface area (Å²) in [4.78, 5) is 2.27. The molecule has 110 valence electrons. The van der Waals surface area contributed by atoms with E-state index in [2.05, 4.69) is 24.1 Å². The van der Waals surface area contributed by atoms with E-state index in [4.69, 9.17) is 0 Å². The highest BCUT2D eigenvalue weighted by Crippen LogP contribution is 2.41. The highest BCUT2D eigenvalue weighted by Gasteiger charge is 2.45. The minimum atomic E-state index is -0.754. The molecule has 2 unspecified atom stereocenters. The summed E-state index contributed by atoms with van der Waals surface area (Å²) in [7, 11) is 0. The molecule has 1 aliphatic carbocycles. The molecule has 0 bridgehead atoms. The molecule has 1 heterocycles. The predicted octanol–water partition coefficient (Wildman–Crippen LogP) is 2.93. The summed E-state index contributed by atoms with van der Waals surface area (Å²) < 4.78 is 27.1. The van der Waals surface area contributed by atoms with E-state index in [1.54, 1.807) is 12.1 Å². The van der Waals surface area contributed by atoms with Gasteiger partial charge in [0.2, 0.25) is 0 Å². The van der Waals surface area contributed by atoms with Gasteiger partial charge in [-0.05, 0) is 38.7 Å². The van der Waals surface area contributed by atoms with Gasteiger partial charge in [-0.2, -0.15) is 0 Å². The quantitative estimate of drug-likeness (QED) is 0.916. The van der Waals surface area contributed by atoms with E-state index in [-0.39, 0.29) is 5.54 Å². The summed E-state index contributed by atoms with van der Waals surface area (Å²) >= 11 is 0. The van der Waals surface area contributed by atoms with Gasteiger partial charge in [0.25, 0.3) is 0 Å². The Morgan fingerprint density at radius 1 is 1.35 bits per heavy atom. The van der Waals surface area contributed by atoms with Gasteiger partial charge in [-0.15, -0.1) is 0 Å². The molecule has 20 heavy (non-hydrogen) atoms. The van der Waals surface area contributed by atoms with Gasteiger partial charge in [0, 0.05) is 36.8 Å². The molecular formula is C16H22F2N2.